The van der Waals surface area contributed by atoms with Gasteiger partial charge in [0.15, 0.2) is 0 Å². The van der Waals surface area contributed by atoms with E-state index < -0.39 is 20.8 Å². The Morgan fingerprint density at radius 1 is 0.941 bits per heavy atom. The average Bonchev–Trinajstić information content (AvgIpc) is 2.15. The summed E-state index contributed by atoms with van der Waals surface area (Å²) in [6.07, 6.45) is 0. The fourth-order valence-electron chi connectivity index (χ4n) is 1.57. The van der Waals surface area contributed by atoms with E-state index in [1.807, 2.05) is 0 Å². The Balaban J connectivity index is 0.00000144. The monoisotopic (exact) mass is 264 g/mol. The maximum absolute atomic E-state index is 11.1. The summed E-state index contributed by atoms with van der Waals surface area (Å²) in [4.78, 5) is -0.596. The van der Waals surface area contributed by atoms with Crippen molar-refractivity contribution >= 4 is 20.9 Å². The molecule has 0 aliphatic heterocycles. The van der Waals surface area contributed by atoms with E-state index in [9.17, 15) is 18.6 Å². The number of hydrogen-bond donors (Lipinski definition) is 3. The Kier molecular flexibility index (Phi) is 4.06. The van der Waals surface area contributed by atoms with Crippen molar-refractivity contribution in [1.29, 1.82) is 0 Å². The van der Waals surface area contributed by atoms with E-state index >= 15 is 0 Å². The van der Waals surface area contributed by atoms with Crippen LogP contribution in [-0.2, 0) is 10.1 Å². The number of phenols is 2. The number of hydrogen-bond acceptors (Lipinski definition) is 4. The molecule has 0 amide bonds. The van der Waals surface area contributed by atoms with Gasteiger partial charge in [0.05, 0.1) is 0 Å². The van der Waals surface area contributed by atoms with Crippen molar-refractivity contribution in [1.82, 2.24) is 0 Å². The van der Waals surface area contributed by atoms with Gasteiger partial charge in [0.25, 0.3) is 10.1 Å². The fraction of sp³-hybridized carbons (Fsp3) is 0. The van der Waals surface area contributed by atoms with E-state index in [2.05, 4.69) is 0 Å². The van der Waals surface area contributed by atoms with Crippen LogP contribution in [0.1, 0.15) is 1.43 Å². The van der Waals surface area contributed by atoms with Gasteiger partial charge in [-0.3, -0.25) is 4.55 Å². The number of phenolic OH excluding ortho intramolecular Hbond substituents is 2. The van der Waals surface area contributed by atoms with Crippen molar-refractivity contribution < 1.29 is 54.2 Å². The third kappa shape index (κ3) is 2.56. The zero-order valence-corrected chi connectivity index (χ0v) is 11.8. The van der Waals surface area contributed by atoms with E-state index in [1.54, 1.807) is 0 Å². The van der Waals surface area contributed by atoms with Gasteiger partial charge in [0.1, 0.15) is 16.4 Å². The van der Waals surface area contributed by atoms with E-state index in [4.69, 9.17) is 4.55 Å². The van der Waals surface area contributed by atoms with Gasteiger partial charge in [-0.25, -0.2) is 0 Å². The summed E-state index contributed by atoms with van der Waals surface area (Å²) in [6.45, 7) is 0. The summed E-state index contributed by atoms with van der Waals surface area (Å²) in [5.41, 5.74) is 0. The Labute approximate surface area is 121 Å². The predicted octanol–water partition coefficient (Wildman–Crippen LogP) is -1.39. The molecule has 0 aromatic heterocycles. The maximum atomic E-state index is 11.1. The van der Waals surface area contributed by atoms with Gasteiger partial charge in [0, 0.05) is 10.8 Å². The summed E-state index contributed by atoms with van der Waals surface area (Å²) in [6, 6.07) is 6.66. The third-order valence-corrected chi connectivity index (χ3v) is 3.17. The summed E-state index contributed by atoms with van der Waals surface area (Å²) in [5, 5.41) is 19.2. The van der Waals surface area contributed by atoms with Crippen LogP contribution >= 0.6 is 0 Å². The number of rotatable bonds is 1. The van der Waals surface area contributed by atoms with Gasteiger partial charge in [-0.2, -0.15) is 8.42 Å². The first-order chi connectivity index (χ1) is 7.41. The molecule has 0 heterocycles. The normalized spacial score (nSPS) is 11.1. The molecule has 0 fully saturated rings. The molecule has 5 nitrogen and oxygen atoms in total. The first-order valence-corrected chi connectivity index (χ1v) is 5.76. The van der Waals surface area contributed by atoms with Crippen molar-refractivity contribution in [3.63, 3.8) is 0 Å². The molecule has 0 aliphatic rings. The second kappa shape index (κ2) is 4.83. The van der Waals surface area contributed by atoms with Gasteiger partial charge in [-0.05, 0) is 18.2 Å². The molecule has 2 aromatic rings. The molecule has 0 bridgehead atoms. The molecule has 0 spiro atoms. The van der Waals surface area contributed by atoms with E-state index in [-0.39, 0.29) is 47.5 Å². The van der Waals surface area contributed by atoms with Gasteiger partial charge < -0.3 is 11.6 Å². The quantitative estimate of drug-likeness (QED) is 0.435. The fourth-order valence-corrected chi connectivity index (χ4v) is 2.36. The minimum atomic E-state index is -4.54. The molecule has 2 aromatic carbocycles. The first-order valence-electron chi connectivity index (χ1n) is 4.32. The van der Waals surface area contributed by atoms with Gasteiger partial charge in [0.2, 0.25) is 0 Å². The maximum Gasteiger partial charge on any atom is 1.00 e. The summed E-state index contributed by atoms with van der Waals surface area (Å²) >= 11 is 0. The van der Waals surface area contributed by atoms with Crippen LogP contribution in [-0.4, -0.2) is 23.2 Å². The molecule has 0 unspecified atom stereocenters. The van der Waals surface area contributed by atoms with Crippen LogP contribution < -0.4 is 29.6 Å². The minimum Gasteiger partial charge on any atom is -1.00 e. The molecule has 0 aliphatic carbocycles. The van der Waals surface area contributed by atoms with Crippen LogP contribution in [0.25, 0.3) is 10.8 Å². The van der Waals surface area contributed by atoms with Gasteiger partial charge >= 0.3 is 29.6 Å². The number of aromatic hydroxyl groups is 2. The van der Waals surface area contributed by atoms with Gasteiger partial charge in [-0.15, -0.1) is 0 Å². The minimum absolute atomic E-state index is 0. The molecule has 2 rings (SSSR count). The van der Waals surface area contributed by atoms with E-state index in [0.29, 0.717) is 0 Å². The van der Waals surface area contributed by atoms with Crippen molar-refractivity contribution in [3.8, 4) is 11.5 Å². The van der Waals surface area contributed by atoms with E-state index in [1.165, 1.54) is 24.3 Å². The second-order valence-corrected chi connectivity index (χ2v) is 4.62. The van der Waals surface area contributed by atoms with Crippen molar-refractivity contribution in [2.75, 3.05) is 0 Å². The zero-order chi connectivity index (χ0) is 11.9. The topological polar surface area (TPSA) is 94.8 Å². The standard InChI is InChI=1S/C10H8O5S.Na.H/c11-8-3-1-2-7-6(8)4-5-9(12)10(7)16(13,14)15;;/h1-5,11-12H,(H,13,14,15);;/q;+1;-1. The van der Waals surface area contributed by atoms with Crippen LogP contribution in [0.15, 0.2) is 35.2 Å². The molecule has 0 radical (unpaired) electrons. The second-order valence-electron chi connectivity index (χ2n) is 3.26. The Bertz CT molecular complexity index is 671. The van der Waals surface area contributed by atoms with Gasteiger partial charge in [-0.1, -0.05) is 12.1 Å². The SMILES string of the molecule is O=S(=O)(O)c1c(O)ccc2c(O)cccc12.[H-].[Na+]. The Morgan fingerprint density at radius 3 is 2.18 bits per heavy atom. The largest absolute Gasteiger partial charge is 1.00 e. The smallest absolute Gasteiger partial charge is 1.00 e. The summed E-state index contributed by atoms with van der Waals surface area (Å²) in [5.74, 6) is -0.678. The summed E-state index contributed by atoms with van der Waals surface area (Å²) < 4.78 is 31.2. The van der Waals surface area contributed by atoms with Crippen molar-refractivity contribution in [2.45, 2.75) is 4.90 Å². The molecule has 0 atom stereocenters. The molecule has 3 N–H and O–H groups in total. The molecule has 0 saturated carbocycles. The van der Waals surface area contributed by atoms with E-state index in [0.717, 1.165) is 6.07 Å². The molecular weight excluding hydrogens is 255 g/mol. The van der Waals surface area contributed by atoms with Crippen LogP contribution in [0.3, 0.4) is 0 Å². The van der Waals surface area contributed by atoms with Crippen LogP contribution in [0.5, 0.6) is 11.5 Å². The molecule has 17 heavy (non-hydrogen) atoms. The van der Waals surface area contributed by atoms with Crippen LogP contribution in [0.2, 0.25) is 0 Å². The zero-order valence-electron chi connectivity index (χ0n) is 9.95. The average molecular weight is 264 g/mol. The van der Waals surface area contributed by atoms with Crippen LogP contribution in [0, 0.1) is 0 Å². The van der Waals surface area contributed by atoms with Crippen LogP contribution in [0.4, 0.5) is 0 Å². The first kappa shape index (κ1) is 14.3. The summed E-state index contributed by atoms with van der Waals surface area (Å²) in [7, 11) is -4.54. The Hall–Kier alpha value is -0.790. The van der Waals surface area contributed by atoms with Crippen molar-refractivity contribution in [2.24, 2.45) is 0 Å². The molecule has 0 saturated heterocycles. The number of fused-ring (bicyclic) bond motifs is 1. The molecule has 86 valence electrons. The van der Waals surface area contributed by atoms with Crippen molar-refractivity contribution in [3.05, 3.63) is 30.3 Å². The molecule has 7 heteroatoms. The Morgan fingerprint density at radius 2 is 1.59 bits per heavy atom. The predicted molar refractivity (Wildman–Crippen MR) is 58.2 cm³/mol. The number of benzene rings is 2. The third-order valence-electron chi connectivity index (χ3n) is 2.23. The molecular formula is C10H9NaO5S.